The minimum atomic E-state index is -0.641. The van der Waals surface area contributed by atoms with Crippen molar-refractivity contribution in [3.8, 4) is 11.6 Å². The fourth-order valence-corrected chi connectivity index (χ4v) is 3.68. The molecule has 1 aliphatic rings. The normalized spacial score (nSPS) is 17.6. The van der Waals surface area contributed by atoms with Crippen LogP contribution in [0.25, 0.3) is 5.69 Å². The lowest BCUT2D eigenvalue weighted by Gasteiger charge is -2.26. The number of aromatic nitrogens is 2. The van der Waals surface area contributed by atoms with Gasteiger partial charge < -0.3 is 4.74 Å². The van der Waals surface area contributed by atoms with E-state index in [-0.39, 0.29) is 17.4 Å². The fraction of sp³-hybridized carbons (Fsp3) is 0.238. The number of H-pyrrole nitrogens is 1. The van der Waals surface area contributed by atoms with Crippen molar-refractivity contribution in [1.29, 1.82) is 0 Å². The molecule has 1 aromatic heterocycles. The maximum Gasteiger partial charge on any atom is 0.335 e. The van der Waals surface area contributed by atoms with Gasteiger partial charge in [-0.1, -0.05) is 48.0 Å². The molecule has 1 unspecified atom stereocenters. The summed E-state index contributed by atoms with van der Waals surface area (Å²) in [5, 5.41) is 0. The molecule has 0 amide bonds. The number of ether oxygens (including phenoxy) is 1. The van der Waals surface area contributed by atoms with Crippen LogP contribution in [0.2, 0.25) is 0 Å². The highest BCUT2D eigenvalue weighted by Crippen LogP contribution is 2.44. The molecule has 0 aliphatic carbocycles. The van der Waals surface area contributed by atoms with Crippen LogP contribution < -0.4 is 16.0 Å². The van der Waals surface area contributed by atoms with Gasteiger partial charge in [0.1, 0.15) is 5.60 Å². The Morgan fingerprint density at radius 3 is 2.31 bits per heavy atom. The zero-order chi connectivity index (χ0) is 18.5. The molecule has 0 bridgehead atoms. The van der Waals surface area contributed by atoms with Gasteiger partial charge in [-0.05, 0) is 38.5 Å². The van der Waals surface area contributed by atoms with E-state index in [2.05, 4.69) is 4.98 Å². The molecule has 2 heterocycles. The molecule has 26 heavy (non-hydrogen) atoms. The summed E-state index contributed by atoms with van der Waals surface area (Å²) in [5.41, 5.74) is 1.59. The Morgan fingerprint density at radius 2 is 1.65 bits per heavy atom. The molecule has 0 spiro atoms. The number of hydrogen-bond acceptors (Lipinski definition) is 3. The van der Waals surface area contributed by atoms with E-state index in [4.69, 9.17) is 4.74 Å². The van der Waals surface area contributed by atoms with E-state index in [1.807, 2.05) is 63.2 Å². The van der Waals surface area contributed by atoms with Gasteiger partial charge in [-0.3, -0.25) is 9.78 Å². The zero-order valence-corrected chi connectivity index (χ0v) is 14.9. The van der Waals surface area contributed by atoms with Crippen LogP contribution in [0, 0.1) is 6.92 Å². The van der Waals surface area contributed by atoms with Gasteiger partial charge in [0.25, 0.3) is 5.56 Å². The number of aromatic amines is 1. The third-order valence-electron chi connectivity index (χ3n) is 4.88. The quantitative estimate of drug-likeness (QED) is 0.774. The van der Waals surface area contributed by atoms with Gasteiger partial charge in [-0.2, -0.15) is 0 Å². The second-order valence-electron chi connectivity index (χ2n) is 7.20. The van der Waals surface area contributed by atoms with E-state index >= 15 is 0 Å². The lowest BCUT2D eigenvalue weighted by Crippen LogP contribution is -2.36. The first kappa shape index (κ1) is 16.4. The molecule has 0 saturated heterocycles. The summed E-state index contributed by atoms with van der Waals surface area (Å²) in [6.07, 6.45) is 0. The summed E-state index contributed by atoms with van der Waals surface area (Å²) in [5.74, 6) is 0.00182. The number of nitrogens with one attached hydrogen (secondary N) is 1. The van der Waals surface area contributed by atoms with Crippen LogP contribution in [0.1, 0.15) is 36.5 Å². The maximum absolute atomic E-state index is 13.3. The number of fused-ring (bicyclic) bond motifs is 1. The molecule has 5 nitrogen and oxygen atoms in total. The fourth-order valence-electron chi connectivity index (χ4n) is 3.68. The molecule has 1 aliphatic heterocycles. The van der Waals surface area contributed by atoms with Crippen LogP contribution in [0.3, 0.4) is 0 Å². The van der Waals surface area contributed by atoms with Gasteiger partial charge in [0.05, 0.1) is 17.2 Å². The zero-order valence-electron chi connectivity index (χ0n) is 14.9. The number of nitrogens with zero attached hydrogens (tertiary/aromatic N) is 1. The van der Waals surface area contributed by atoms with Crippen LogP contribution in [0.5, 0.6) is 5.88 Å². The van der Waals surface area contributed by atoms with E-state index in [1.54, 1.807) is 12.1 Å². The highest BCUT2D eigenvalue weighted by Gasteiger charge is 2.45. The Labute approximate surface area is 150 Å². The number of hydrogen-bond donors (Lipinski definition) is 1. The van der Waals surface area contributed by atoms with Crippen LogP contribution in [-0.2, 0) is 0 Å². The molecule has 5 heteroatoms. The van der Waals surface area contributed by atoms with Crippen molar-refractivity contribution in [2.75, 3.05) is 0 Å². The summed E-state index contributed by atoms with van der Waals surface area (Å²) < 4.78 is 7.14. The lowest BCUT2D eigenvalue weighted by atomic mass is 9.82. The van der Waals surface area contributed by atoms with Gasteiger partial charge >= 0.3 is 5.69 Å². The molecule has 132 valence electrons. The van der Waals surface area contributed by atoms with E-state index < -0.39 is 11.3 Å². The molecule has 2 aromatic carbocycles. The molecule has 1 atom stereocenters. The van der Waals surface area contributed by atoms with Gasteiger partial charge in [0.15, 0.2) is 0 Å². The first-order valence-electron chi connectivity index (χ1n) is 8.59. The van der Waals surface area contributed by atoms with Gasteiger partial charge in [-0.15, -0.1) is 0 Å². The standard InChI is InChI=1S/C21H20N2O3/c1-13-9-11-15(12-10-13)23-19(24)16-17(14-7-5-4-6-8-14)21(2,3)26-18(16)22-20(23)25/h4-12,17H,1-3H3,(H,22,25). The second kappa shape index (κ2) is 5.73. The lowest BCUT2D eigenvalue weighted by molar-refractivity contribution is 0.117. The topological polar surface area (TPSA) is 64.1 Å². The number of benzene rings is 2. The van der Waals surface area contributed by atoms with Gasteiger partial charge in [0.2, 0.25) is 5.88 Å². The minimum absolute atomic E-state index is 0.264. The van der Waals surface area contributed by atoms with Crippen molar-refractivity contribution >= 4 is 0 Å². The first-order valence-corrected chi connectivity index (χ1v) is 8.59. The molecule has 1 N–H and O–H groups in total. The van der Waals surface area contributed by atoms with Crippen LogP contribution in [0.15, 0.2) is 64.2 Å². The Balaban J connectivity index is 1.98. The average molecular weight is 348 g/mol. The highest BCUT2D eigenvalue weighted by atomic mass is 16.5. The molecule has 0 radical (unpaired) electrons. The van der Waals surface area contributed by atoms with Crippen molar-refractivity contribution in [1.82, 2.24) is 9.55 Å². The summed E-state index contributed by atoms with van der Waals surface area (Å²) in [4.78, 5) is 28.6. The third kappa shape index (κ3) is 2.47. The van der Waals surface area contributed by atoms with Crippen molar-refractivity contribution in [2.45, 2.75) is 32.3 Å². The van der Waals surface area contributed by atoms with E-state index in [0.717, 1.165) is 11.1 Å². The Hall–Kier alpha value is -3.08. The predicted octanol–water partition coefficient (Wildman–Crippen LogP) is 3.14. The van der Waals surface area contributed by atoms with Gasteiger partial charge in [0, 0.05) is 0 Å². The summed E-state index contributed by atoms with van der Waals surface area (Å²) in [6.45, 7) is 5.82. The Morgan fingerprint density at radius 1 is 1.00 bits per heavy atom. The number of rotatable bonds is 2. The van der Waals surface area contributed by atoms with E-state index in [9.17, 15) is 9.59 Å². The molecule has 0 fully saturated rings. The first-order chi connectivity index (χ1) is 12.4. The monoisotopic (exact) mass is 348 g/mol. The SMILES string of the molecule is Cc1ccc(-n2c(=O)[nH]c3c(c2=O)C(c2ccccc2)C(C)(C)O3)cc1. The second-order valence-corrected chi connectivity index (χ2v) is 7.20. The van der Waals surface area contributed by atoms with Crippen molar-refractivity contribution in [3.05, 3.63) is 92.1 Å². The number of aryl methyl sites for hydroxylation is 1. The Kier molecular flexibility index (Phi) is 3.61. The van der Waals surface area contributed by atoms with E-state index in [1.165, 1.54) is 4.57 Å². The van der Waals surface area contributed by atoms with Crippen molar-refractivity contribution in [2.24, 2.45) is 0 Å². The van der Waals surface area contributed by atoms with Crippen LogP contribution in [0.4, 0.5) is 0 Å². The molecule has 4 rings (SSSR count). The van der Waals surface area contributed by atoms with Gasteiger partial charge in [-0.25, -0.2) is 9.36 Å². The van der Waals surface area contributed by atoms with E-state index in [0.29, 0.717) is 11.3 Å². The summed E-state index contributed by atoms with van der Waals surface area (Å²) in [6, 6.07) is 17.1. The average Bonchev–Trinajstić information content (AvgIpc) is 2.87. The molecular weight excluding hydrogens is 328 g/mol. The minimum Gasteiger partial charge on any atom is -0.471 e. The molecular formula is C21H20N2O3. The van der Waals surface area contributed by atoms with Crippen molar-refractivity contribution < 1.29 is 4.74 Å². The Bertz CT molecular complexity index is 1080. The van der Waals surface area contributed by atoms with Crippen LogP contribution >= 0.6 is 0 Å². The largest absolute Gasteiger partial charge is 0.471 e. The highest BCUT2D eigenvalue weighted by molar-refractivity contribution is 5.46. The summed E-state index contributed by atoms with van der Waals surface area (Å²) in [7, 11) is 0. The molecule has 3 aromatic rings. The van der Waals surface area contributed by atoms with Crippen LogP contribution in [-0.4, -0.2) is 15.2 Å². The maximum atomic E-state index is 13.3. The van der Waals surface area contributed by atoms with Crippen molar-refractivity contribution in [3.63, 3.8) is 0 Å². The smallest absolute Gasteiger partial charge is 0.335 e. The summed E-state index contributed by atoms with van der Waals surface area (Å²) >= 11 is 0. The third-order valence-corrected chi connectivity index (χ3v) is 4.88. The predicted molar refractivity (Wildman–Crippen MR) is 100 cm³/mol. The molecule has 0 saturated carbocycles.